The van der Waals surface area contributed by atoms with Crippen molar-refractivity contribution < 1.29 is 23.1 Å². The molecule has 118 valence electrons. The van der Waals surface area contributed by atoms with Gasteiger partial charge in [0.2, 0.25) is 0 Å². The fraction of sp³-hybridized carbons (Fsp3) is 0.500. The molecule has 6 heteroatoms. The fourth-order valence-corrected chi connectivity index (χ4v) is 3.55. The van der Waals surface area contributed by atoms with Crippen molar-refractivity contribution in [3.8, 4) is 0 Å². The Morgan fingerprint density at radius 2 is 1.86 bits per heavy atom. The van der Waals surface area contributed by atoms with Crippen LogP contribution in [0.2, 0.25) is 0 Å². The predicted octanol–water partition coefficient (Wildman–Crippen LogP) is 3.03. The second-order valence-corrected chi connectivity index (χ2v) is 6.76. The zero-order valence-corrected chi connectivity index (χ0v) is 12.6. The van der Waals surface area contributed by atoms with E-state index in [4.69, 9.17) is 4.74 Å². The van der Waals surface area contributed by atoms with E-state index in [1.165, 1.54) is 6.07 Å². The number of anilines is 1. The van der Waals surface area contributed by atoms with Crippen LogP contribution in [-0.2, 0) is 14.3 Å². The highest BCUT2D eigenvalue weighted by molar-refractivity contribution is 6.03. The topological polar surface area (TPSA) is 55.4 Å². The molecule has 1 heterocycles. The first-order chi connectivity index (χ1) is 10.1. The summed E-state index contributed by atoms with van der Waals surface area (Å²) in [5.74, 6) is -2.92. The van der Waals surface area contributed by atoms with Gasteiger partial charge in [0, 0.05) is 17.2 Å². The van der Waals surface area contributed by atoms with Crippen molar-refractivity contribution in [2.45, 2.75) is 39.2 Å². The molecule has 2 fully saturated rings. The van der Waals surface area contributed by atoms with Crippen LogP contribution in [-0.4, -0.2) is 17.5 Å². The first kappa shape index (κ1) is 14.9. The van der Waals surface area contributed by atoms with Gasteiger partial charge in [-0.1, -0.05) is 13.8 Å². The lowest BCUT2D eigenvalue weighted by atomic mass is 9.66. The molecule has 2 atom stereocenters. The lowest BCUT2D eigenvalue weighted by Gasteiger charge is -2.35. The number of esters is 1. The summed E-state index contributed by atoms with van der Waals surface area (Å²) < 4.78 is 31.6. The number of hydrogen-bond donors (Lipinski definition) is 1. The second kappa shape index (κ2) is 4.27. The second-order valence-electron chi connectivity index (χ2n) is 6.76. The molecule has 1 amide bonds. The third kappa shape index (κ3) is 1.61. The van der Waals surface area contributed by atoms with Crippen LogP contribution < -0.4 is 5.32 Å². The van der Waals surface area contributed by atoms with Gasteiger partial charge in [-0.05, 0) is 31.9 Å². The van der Waals surface area contributed by atoms with Crippen molar-refractivity contribution in [3.63, 3.8) is 0 Å². The van der Waals surface area contributed by atoms with Gasteiger partial charge >= 0.3 is 5.97 Å². The van der Waals surface area contributed by atoms with Gasteiger partial charge in [0.05, 0.1) is 5.41 Å². The highest BCUT2D eigenvalue weighted by Gasteiger charge is 2.75. The van der Waals surface area contributed by atoms with E-state index in [0.717, 1.165) is 12.1 Å². The lowest BCUT2D eigenvalue weighted by Crippen LogP contribution is -2.50. The third-order valence-electron chi connectivity index (χ3n) is 5.63. The zero-order valence-electron chi connectivity index (χ0n) is 12.6. The number of rotatable bonds is 2. The Morgan fingerprint density at radius 3 is 2.36 bits per heavy atom. The Kier molecular flexibility index (Phi) is 2.90. The molecular formula is C16H17F2NO3. The summed E-state index contributed by atoms with van der Waals surface area (Å²) in [7, 11) is 0. The molecule has 0 spiro atoms. The number of hydrogen-bond acceptors (Lipinski definition) is 3. The van der Waals surface area contributed by atoms with Crippen LogP contribution in [0.3, 0.4) is 0 Å². The molecule has 1 aromatic carbocycles. The molecule has 4 nitrogen and oxygen atoms in total. The minimum absolute atomic E-state index is 0.130. The average molecular weight is 309 g/mol. The summed E-state index contributed by atoms with van der Waals surface area (Å²) in [6, 6.07) is 3.11. The van der Waals surface area contributed by atoms with Crippen molar-refractivity contribution >= 4 is 17.6 Å². The van der Waals surface area contributed by atoms with Crippen LogP contribution in [0.5, 0.6) is 0 Å². The van der Waals surface area contributed by atoms with Crippen molar-refractivity contribution in [2.75, 3.05) is 5.32 Å². The number of carbonyl (C=O) groups excluding carboxylic acids is 2. The predicted molar refractivity (Wildman–Crippen MR) is 74.9 cm³/mol. The number of carbonyl (C=O) groups is 2. The molecule has 1 aromatic rings. The minimum atomic E-state index is -1.27. The van der Waals surface area contributed by atoms with E-state index in [2.05, 4.69) is 5.32 Å². The van der Waals surface area contributed by atoms with E-state index in [9.17, 15) is 18.4 Å². The Labute approximate surface area is 126 Å². The zero-order chi connectivity index (χ0) is 16.3. The summed E-state index contributed by atoms with van der Waals surface area (Å²) in [5, 5.41) is 2.54. The maximum atomic E-state index is 13.3. The maximum Gasteiger partial charge on any atom is 0.313 e. The molecule has 0 unspecified atom stereocenters. The summed E-state index contributed by atoms with van der Waals surface area (Å²) in [5.41, 5.74) is -2.53. The molecule has 2 bridgehead atoms. The van der Waals surface area contributed by atoms with Crippen LogP contribution in [0.15, 0.2) is 18.2 Å². The fourth-order valence-electron chi connectivity index (χ4n) is 3.55. The monoisotopic (exact) mass is 309 g/mol. The largest absolute Gasteiger partial charge is 0.448 e. The molecular weight excluding hydrogens is 292 g/mol. The number of benzene rings is 1. The van der Waals surface area contributed by atoms with Crippen LogP contribution in [0.1, 0.15) is 33.6 Å². The normalized spacial score (nSPS) is 32.0. The van der Waals surface area contributed by atoms with Gasteiger partial charge in [0.15, 0.2) is 17.2 Å². The molecule has 3 rings (SSSR count). The minimum Gasteiger partial charge on any atom is -0.448 e. The number of halogens is 2. The molecule has 0 radical (unpaired) electrons. The summed E-state index contributed by atoms with van der Waals surface area (Å²) in [4.78, 5) is 24.8. The first-order valence-electron chi connectivity index (χ1n) is 7.14. The van der Waals surface area contributed by atoms with Crippen molar-refractivity contribution in [3.05, 3.63) is 29.8 Å². The van der Waals surface area contributed by atoms with Crippen molar-refractivity contribution in [1.82, 2.24) is 0 Å². The van der Waals surface area contributed by atoms with Gasteiger partial charge in [0.1, 0.15) is 0 Å². The summed E-state index contributed by atoms with van der Waals surface area (Å²) in [6.45, 7) is 5.46. The van der Waals surface area contributed by atoms with Gasteiger partial charge in [0.25, 0.3) is 5.91 Å². The van der Waals surface area contributed by atoms with E-state index < -0.39 is 34.0 Å². The molecule has 1 aliphatic carbocycles. The highest BCUT2D eigenvalue weighted by atomic mass is 19.2. The van der Waals surface area contributed by atoms with E-state index in [0.29, 0.717) is 12.8 Å². The summed E-state index contributed by atoms with van der Waals surface area (Å²) >= 11 is 0. The van der Waals surface area contributed by atoms with E-state index in [1.807, 2.05) is 13.8 Å². The van der Waals surface area contributed by atoms with Gasteiger partial charge in [-0.2, -0.15) is 0 Å². The van der Waals surface area contributed by atoms with E-state index in [-0.39, 0.29) is 11.7 Å². The molecule has 2 aliphatic rings. The number of amides is 1. The Hall–Kier alpha value is -1.98. The van der Waals surface area contributed by atoms with Crippen LogP contribution >= 0.6 is 0 Å². The lowest BCUT2D eigenvalue weighted by molar-refractivity contribution is -0.165. The van der Waals surface area contributed by atoms with Crippen molar-refractivity contribution in [1.29, 1.82) is 0 Å². The van der Waals surface area contributed by atoms with Gasteiger partial charge in [-0.25, -0.2) is 8.78 Å². The third-order valence-corrected chi connectivity index (χ3v) is 5.63. The number of nitrogens with one attached hydrogen (secondary N) is 1. The van der Waals surface area contributed by atoms with E-state index in [1.54, 1.807) is 6.92 Å². The van der Waals surface area contributed by atoms with Crippen LogP contribution in [0.4, 0.5) is 14.5 Å². The van der Waals surface area contributed by atoms with Crippen molar-refractivity contribution in [2.24, 2.45) is 10.8 Å². The quantitative estimate of drug-likeness (QED) is 0.854. The first-order valence-corrected chi connectivity index (χ1v) is 7.14. The van der Waals surface area contributed by atoms with Gasteiger partial charge in [-0.15, -0.1) is 0 Å². The molecule has 1 saturated carbocycles. The van der Waals surface area contributed by atoms with Gasteiger partial charge < -0.3 is 10.1 Å². The van der Waals surface area contributed by atoms with Crippen LogP contribution in [0.25, 0.3) is 0 Å². The molecule has 0 aromatic heterocycles. The SMILES string of the molecule is CC1(C)[C@]2(C)CC[C@]1(C(=O)Nc1ccc(F)c(F)c1)OC2=O. The van der Waals surface area contributed by atoms with E-state index >= 15 is 0 Å². The Balaban J connectivity index is 1.92. The number of fused-ring (bicyclic) bond motifs is 2. The van der Waals surface area contributed by atoms with Gasteiger partial charge in [-0.3, -0.25) is 9.59 Å². The molecule has 22 heavy (non-hydrogen) atoms. The standard InChI is InChI=1S/C16H17F2NO3/c1-14(2)15(3)6-7-16(14,22-13(15)21)12(20)19-9-4-5-10(17)11(18)8-9/h4-5,8H,6-7H2,1-3H3,(H,19,20)/t15-,16-/m1/s1. The molecule has 1 N–H and O–H groups in total. The Bertz CT molecular complexity index is 688. The number of ether oxygens (including phenoxy) is 1. The van der Waals surface area contributed by atoms with Crippen LogP contribution in [0, 0.1) is 22.5 Å². The maximum absolute atomic E-state index is 13.3. The molecule has 1 aliphatic heterocycles. The Morgan fingerprint density at radius 1 is 1.18 bits per heavy atom. The highest BCUT2D eigenvalue weighted by Crippen LogP contribution is 2.65. The average Bonchev–Trinajstić information content (AvgIpc) is 2.73. The molecule has 1 saturated heterocycles. The summed E-state index contributed by atoms with van der Waals surface area (Å²) in [6.07, 6.45) is 0.974. The smallest absolute Gasteiger partial charge is 0.313 e.